The lowest BCUT2D eigenvalue weighted by atomic mass is 10.1. The SMILES string of the molecule is CCCC(C)COCCNC1CCOCC1. The highest BCUT2D eigenvalue weighted by Crippen LogP contribution is 2.06. The first-order valence-corrected chi connectivity index (χ1v) is 6.71. The molecule has 0 aromatic heterocycles. The van der Waals surface area contributed by atoms with Gasteiger partial charge in [-0.05, 0) is 25.2 Å². The molecule has 1 fully saturated rings. The molecule has 0 aromatic carbocycles. The van der Waals surface area contributed by atoms with Gasteiger partial charge in [-0.25, -0.2) is 0 Å². The third-order valence-electron chi connectivity index (χ3n) is 3.08. The van der Waals surface area contributed by atoms with Crippen LogP contribution in [0.15, 0.2) is 0 Å². The Kier molecular flexibility index (Phi) is 7.81. The van der Waals surface area contributed by atoms with Gasteiger partial charge < -0.3 is 14.8 Å². The molecule has 1 atom stereocenters. The van der Waals surface area contributed by atoms with E-state index >= 15 is 0 Å². The van der Waals surface area contributed by atoms with Gasteiger partial charge in [-0.1, -0.05) is 20.3 Å². The van der Waals surface area contributed by atoms with Crippen LogP contribution < -0.4 is 5.32 Å². The van der Waals surface area contributed by atoms with Gasteiger partial charge in [0.2, 0.25) is 0 Å². The Bertz CT molecular complexity index is 158. The fourth-order valence-corrected chi connectivity index (χ4v) is 2.10. The second kappa shape index (κ2) is 8.97. The zero-order chi connectivity index (χ0) is 11.6. The summed E-state index contributed by atoms with van der Waals surface area (Å²) < 4.78 is 11.0. The van der Waals surface area contributed by atoms with Crippen LogP contribution in [0.25, 0.3) is 0 Å². The zero-order valence-electron chi connectivity index (χ0n) is 10.8. The first-order valence-electron chi connectivity index (χ1n) is 6.71. The van der Waals surface area contributed by atoms with E-state index < -0.39 is 0 Å². The lowest BCUT2D eigenvalue weighted by Gasteiger charge is -2.23. The van der Waals surface area contributed by atoms with Crippen molar-refractivity contribution in [2.75, 3.05) is 33.0 Å². The Balaban J connectivity index is 1.87. The van der Waals surface area contributed by atoms with Crippen LogP contribution in [0.2, 0.25) is 0 Å². The maximum atomic E-state index is 5.65. The quantitative estimate of drug-likeness (QED) is 0.647. The highest BCUT2D eigenvalue weighted by atomic mass is 16.5. The highest BCUT2D eigenvalue weighted by molar-refractivity contribution is 4.69. The molecule has 96 valence electrons. The Morgan fingerprint density at radius 1 is 1.38 bits per heavy atom. The average molecular weight is 229 g/mol. The summed E-state index contributed by atoms with van der Waals surface area (Å²) in [6.07, 6.45) is 4.82. The predicted molar refractivity (Wildman–Crippen MR) is 66.7 cm³/mol. The molecule has 1 unspecified atom stereocenters. The zero-order valence-corrected chi connectivity index (χ0v) is 10.8. The summed E-state index contributed by atoms with van der Waals surface area (Å²) in [4.78, 5) is 0. The fraction of sp³-hybridized carbons (Fsp3) is 1.00. The molecule has 3 nitrogen and oxygen atoms in total. The lowest BCUT2D eigenvalue weighted by Crippen LogP contribution is -2.36. The summed E-state index contributed by atoms with van der Waals surface area (Å²) in [6, 6.07) is 0.644. The minimum absolute atomic E-state index is 0.644. The maximum Gasteiger partial charge on any atom is 0.0591 e. The molecule has 1 aliphatic rings. The lowest BCUT2D eigenvalue weighted by molar-refractivity contribution is 0.0693. The molecule has 0 radical (unpaired) electrons. The second-order valence-electron chi connectivity index (χ2n) is 4.81. The van der Waals surface area contributed by atoms with Crippen LogP contribution in [0.1, 0.15) is 39.5 Å². The Morgan fingerprint density at radius 2 is 2.12 bits per heavy atom. The molecule has 0 saturated carbocycles. The van der Waals surface area contributed by atoms with Crippen molar-refractivity contribution in [2.45, 2.75) is 45.6 Å². The van der Waals surface area contributed by atoms with Crippen molar-refractivity contribution in [1.82, 2.24) is 5.32 Å². The van der Waals surface area contributed by atoms with Gasteiger partial charge in [0, 0.05) is 32.4 Å². The molecule has 1 saturated heterocycles. The molecule has 0 amide bonds. The molecular weight excluding hydrogens is 202 g/mol. The Hall–Kier alpha value is -0.120. The van der Waals surface area contributed by atoms with E-state index in [1.54, 1.807) is 0 Å². The van der Waals surface area contributed by atoms with Crippen molar-refractivity contribution in [1.29, 1.82) is 0 Å². The van der Waals surface area contributed by atoms with E-state index in [0.717, 1.165) is 45.8 Å². The highest BCUT2D eigenvalue weighted by Gasteiger charge is 2.12. The predicted octanol–water partition coefficient (Wildman–Crippen LogP) is 2.21. The molecule has 1 aliphatic heterocycles. The first-order chi connectivity index (χ1) is 7.83. The molecule has 3 heteroatoms. The van der Waals surface area contributed by atoms with Crippen molar-refractivity contribution in [3.8, 4) is 0 Å². The van der Waals surface area contributed by atoms with Crippen molar-refractivity contribution < 1.29 is 9.47 Å². The van der Waals surface area contributed by atoms with Crippen molar-refractivity contribution in [2.24, 2.45) is 5.92 Å². The van der Waals surface area contributed by atoms with E-state index in [4.69, 9.17) is 9.47 Å². The van der Waals surface area contributed by atoms with Crippen LogP contribution in [-0.2, 0) is 9.47 Å². The molecule has 0 spiro atoms. The summed E-state index contributed by atoms with van der Waals surface area (Å²) >= 11 is 0. The summed E-state index contributed by atoms with van der Waals surface area (Å²) in [5.74, 6) is 0.702. The maximum absolute atomic E-state index is 5.65. The number of ether oxygens (including phenoxy) is 2. The van der Waals surface area contributed by atoms with Gasteiger partial charge in [-0.15, -0.1) is 0 Å². The molecule has 1 N–H and O–H groups in total. The van der Waals surface area contributed by atoms with E-state index in [0.29, 0.717) is 12.0 Å². The minimum Gasteiger partial charge on any atom is -0.381 e. The van der Waals surface area contributed by atoms with Gasteiger partial charge in [0.1, 0.15) is 0 Å². The minimum atomic E-state index is 0.644. The summed E-state index contributed by atoms with van der Waals surface area (Å²) in [7, 11) is 0. The van der Waals surface area contributed by atoms with Gasteiger partial charge in [0.25, 0.3) is 0 Å². The van der Waals surface area contributed by atoms with Crippen LogP contribution >= 0.6 is 0 Å². The molecule has 0 bridgehead atoms. The fourth-order valence-electron chi connectivity index (χ4n) is 2.10. The van der Waals surface area contributed by atoms with Crippen LogP contribution in [0.3, 0.4) is 0 Å². The van der Waals surface area contributed by atoms with Crippen LogP contribution in [0.4, 0.5) is 0 Å². The van der Waals surface area contributed by atoms with Gasteiger partial charge in [-0.3, -0.25) is 0 Å². The van der Waals surface area contributed by atoms with E-state index in [9.17, 15) is 0 Å². The van der Waals surface area contributed by atoms with Gasteiger partial charge in [0.15, 0.2) is 0 Å². The number of hydrogen-bond donors (Lipinski definition) is 1. The van der Waals surface area contributed by atoms with Gasteiger partial charge in [-0.2, -0.15) is 0 Å². The van der Waals surface area contributed by atoms with Gasteiger partial charge in [0.05, 0.1) is 6.61 Å². The van der Waals surface area contributed by atoms with E-state index in [-0.39, 0.29) is 0 Å². The van der Waals surface area contributed by atoms with Crippen LogP contribution in [0, 0.1) is 5.92 Å². The third-order valence-corrected chi connectivity index (χ3v) is 3.08. The van der Waals surface area contributed by atoms with E-state index in [2.05, 4.69) is 19.2 Å². The number of rotatable bonds is 8. The van der Waals surface area contributed by atoms with Crippen molar-refractivity contribution in [3.05, 3.63) is 0 Å². The Morgan fingerprint density at radius 3 is 2.81 bits per heavy atom. The molecule has 1 heterocycles. The molecule has 0 aromatic rings. The molecular formula is C13H27NO2. The first kappa shape index (κ1) is 13.9. The second-order valence-corrected chi connectivity index (χ2v) is 4.81. The topological polar surface area (TPSA) is 30.5 Å². The monoisotopic (exact) mass is 229 g/mol. The van der Waals surface area contributed by atoms with Crippen LogP contribution in [-0.4, -0.2) is 39.0 Å². The number of nitrogens with one attached hydrogen (secondary N) is 1. The molecule has 1 rings (SSSR count). The Labute approximate surface area is 99.9 Å². The molecule has 0 aliphatic carbocycles. The van der Waals surface area contributed by atoms with Crippen molar-refractivity contribution in [3.63, 3.8) is 0 Å². The summed E-state index contributed by atoms with van der Waals surface area (Å²) in [5.41, 5.74) is 0. The van der Waals surface area contributed by atoms with E-state index in [1.165, 1.54) is 12.8 Å². The molecule has 16 heavy (non-hydrogen) atoms. The average Bonchev–Trinajstić information content (AvgIpc) is 2.30. The van der Waals surface area contributed by atoms with Gasteiger partial charge >= 0.3 is 0 Å². The third kappa shape index (κ3) is 6.46. The number of hydrogen-bond acceptors (Lipinski definition) is 3. The summed E-state index contributed by atoms with van der Waals surface area (Å²) in [6.45, 7) is 9.02. The van der Waals surface area contributed by atoms with E-state index in [1.807, 2.05) is 0 Å². The standard InChI is InChI=1S/C13H27NO2/c1-3-4-12(2)11-16-10-7-14-13-5-8-15-9-6-13/h12-14H,3-11H2,1-2H3. The smallest absolute Gasteiger partial charge is 0.0591 e. The summed E-state index contributed by atoms with van der Waals surface area (Å²) in [5, 5.41) is 3.52. The normalized spacial score (nSPS) is 19.9. The van der Waals surface area contributed by atoms with Crippen molar-refractivity contribution >= 4 is 0 Å². The largest absolute Gasteiger partial charge is 0.381 e. The van der Waals surface area contributed by atoms with Crippen LogP contribution in [0.5, 0.6) is 0 Å².